The minimum atomic E-state index is -3.48. The summed E-state index contributed by atoms with van der Waals surface area (Å²) in [6, 6.07) is 9.60. The van der Waals surface area contributed by atoms with E-state index in [2.05, 4.69) is 4.98 Å². The second kappa shape index (κ2) is 6.10. The number of carboxylic acid groups (broad SMARTS) is 1. The molecule has 2 aromatic rings. The number of carboxylic acids is 1. The quantitative estimate of drug-likeness (QED) is 0.927. The molecule has 120 valence electrons. The van der Waals surface area contributed by atoms with Crippen molar-refractivity contribution < 1.29 is 18.3 Å². The fraction of sp³-hybridized carbons (Fsp3) is 0.250. The molecule has 1 aromatic heterocycles. The topological polar surface area (TPSA) is 87.6 Å². The van der Waals surface area contributed by atoms with Crippen molar-refractivity contribution >= 4 is 16.0 Å². The van der Waals surface area contributed by atoms with Gasteiger partial charge in [-0.15, -0.1) is 0 Å². The van der Waals surface area contributed by atoms with Crippen molar-refractivity contribution in [2.75, 3.05) is 13.1 Å². The highest BCUT2D eigenvalue weighted by molar-refractivity contribution is 7.89. The molecule has 23 heavy (non-hydrogen) atoms. The summed E-state index contributed by atoms with van der Waals surface area (Å²) in [5, 5.41) is 8.89. The third-order valence-electron chi connectivity index (χ3n) is 3.84. The van der Waals surface area contributed by atoms with Crippen LogP contribution in [0.15, 0.2) is 47.5 Å². The maximum absolute atomic E-state index is 12.6. The molecule has 7 heteroatoms. The summed E-state index contributed by atoms with van der Waals surface area (Å²) in [5.41, 5.74) is 1.27. The van der Waals surface area contributed by atoms with Gasteiger partial charge in [-0.1, -0.05) is 12.1 Å². The van der Waals surface area contributed by atoms with Crippen LogP contribution in [0.1, 0.15) is 23.2 Å². The third kappa shape index (κ3) is 3.11. The van der Waals surface area contributed by atoms with Crippen molar-refractivity contribution in [2.45, 2.75) is 17.7 Å². The van der Waals surface area contributed by atoms with E-state index in [-0.39, 0.29) is 10.5 Å². The first-order valence-electron chi connectivity index (χ1n) is 7.28. The Labute approximate surface area is 134 Å². The van der Waals surface area contributed by atoms with E-state index in [9.17, 15) is 13.2 Å². The number of carbonyl (C=O) groups is 1. The second-order valence-corrected chi connectivity index (χ2v) is 7.31. The molecule has 1 aromatic carbocycles. The molecule has 0 amide bonds. The Balaban J connectivity index is 1.95. The van der Waals surface area contributed by atoms with Crippen molar-refractivity contribution in [1.82, 2.24) is 9.29 Å². The van der Waals surface area contributed by atoms with Gasteiger partial charge in [0.15, 0.2) is 0 Å². The predicted molar refractivity (Wildman–Crippen MR) is 84.6 cm³/mol. The summed E-state index contributed by atoms with van der Waals surface area (Å²) in [4.78, 5) is 15.2. The van der Waals surface area contributed by atoms with Gasteiger partial charge in [0.1, 0.15) is 0 Å². The lowest BCUT2D eigenvalue weighted by molar-refractivity contribution is 0.0696. The van der Waals surface area contributed by atoms with Gasteiger partial charge in [0.2, 0.25) is 10.0 Å². The number of aromatic carboxylic acids is 1. The number of nitrogens with zero attached hydrogens (tertiary/aromatic N) is 2. The second-order valence-electron chi connectivity index (χ2n) is 5.38. The number of benzene rings is 1. The smallest absolute Gasteiger partial charge is 0.337 e. The van der Waals surface area contributed by atoms with Crippen LogP contribution in [0.5, 0.6) is 0 Å². The van der Waals surface area contributed by atoms with E-state index in [0.29, 0.717) is 24.3 Å². The van der Waals surface area contributed by atoms with Crippen molar-refractivity contribution in [3.05, 3.63) is 48.2 Å². The largest absolute Gasteiger partial charge is 0.478 e. The highest BCUT2D eigenvalue weighted by Crippen LogP contribution is 2.25. The standard InChI is InChI=1S/C16H16N2O4S/c19-16(20)13-6-7-15(17-11-13)12-4-3-5-14(10-12)23(21,22)18-8-1-2-9-18/h3-7,10-11H,1-2,8-9H2,(H,19,20). The number of aromatic nitrogens is 1. The van der Waals surface area contributed by atoms with Crippen molar-refractivity contribution in [3.8, 4) is 11.3 Å². The van der Waals surface area contributed by atoms with E-state index < -0.39 is 16.0 Å². The van der Waals surface area contributed by atoms with Gasteiger partial charge in [-0.25, -0.2) is 13.2 Å². The summed E-state index contributed by atoms with van der Waals surface area (Å²) >= 11 is 0. The van der Waals surface area contributed by atoms with E-state index in [1.54, 1.807) is 30.3 Å². The fourth-order valence-electron chi connectivity index (χ4n) is 2.58. The van der Waals surface area contributed by atoms with Crippen LogP contribution in [0, 0.1) is 0 Å². The Kier molecular flexibility index (Phi) is 4.14. The molecular weight excluding hydrogens is 316 g/mol. The first-order valence-corrected chi connectivity index (χ1v) is 8.72. The number of rotatable bonds is 4. The van der Waals surface area contributed by atoms with Gasteiger partial charge >= 0.3 is 5.97 Å². The summed E-state index contributed by atoms with van der Waals surface area (Å²) < 4.78 is 26.7. The molecule has 2 heterocycles. The third-order valence-corrected chi connectivity index (χ3v) is 5.74. The van der Waals surface area contributed by atoms with Crippen LogP contribution in [-0.2, 0) is 10.0 Å². The molecule has 1 aliphatic rings. The zero-order chi connectivity index (χ0) is 16.4. The first-order chi connectivity index (χ1) is 11.0. The average molecular weight is 332 g/mol. The molecule has 1 fully saturated rings. The summed E-state index contributed by atoms with van der Waals surface area (Å²) in [7, 11) is -3.48. The van der Waals surface area contributed by atoms with Gasteiger partial charge in [-0.2, -0.15) is 4.31 Å². The molecule has 0 saturated carbocycles. The molecule has 0 aliphatic carbocycles. The maximum atomic E-state index is 12.6. The highest BCUT2D eigenvalue weighted by atomic mass is 32.2. The molecule has 0 spiro atoms. The van der Waals surface area contributed by atoms with E-state index in [1.165, 1.54) is 16.6 Å². The molecule has 0 bridgehead atoms. The van der Waals surface area contributed by atoms with Gasteiger partial charge in [0.25, 0.3) is 0 Å². The Morgan fingerprint density at radius 1 is 1.13 bits per heavy atom. The SMILES string of the molecule is O=C(O)c1ccc(-c2cccc(S(=O)(=O)N3CCCC3)c2)nc1. The van der Waals surface area contributed by atoms with E-state index in [1.807, 2.05) is 0 Å². The number of hydrogen-bond acceptors (Lipinski definition) is 4. The molecule has 1 saturated heterocycles. The molecule has 0 atom stereocenters. The Morgan fingerprint density at radius 2 is 1.87 bits per heavy atom. The summed E-state index contributed by atoms with van der Waals surface area (Å²) in [6.45, 7) is 1.11. The zero-order valence-electron chi connectivity index (χ0n) is 12.3. The lowest BCUT2D eigenvalue weighted by Gasteiger charge is -2.16. The van der Waals surface area contributed by atoms with E-state index >= 15 is 0 Å². The van der Waals surface area contributed by atoms with Crippen LogP contribution < -0.4 is 0 Å². The van der Waals surface area contributed by atoms with E-state index in [0.717, 1.165) is 12.8 Å². The number of sulfonamides is 1. The van der Waals surface area contributed by atoms with Crippen LogP contribution in [0.25, 0.3) is 11.3 Å². The van der Waals surface area contributed by atoms with E-state index in [4.69, 9.17) is 5.11 Å². The van der Waals surface area contributed by atoms with Gasteiger partial charge < -0.3 is 5.11 Å². The Morgan fingerprint density at radius 3 is 2.48 bits per heavy atom. The van der Waals surface area contributed by atoms with Crippen LogP contribution in [0.4, 0.5) is 0 Å². The maximum Gasteiger partial charge on any atom is 0.337 e. The number of pyridine rings is 1. The molecule has 6 nitrogen and oxygen atoms in total. The fourth-order valence-corrected chi connectivity index (χ4v) is 4.15. The molecular formula is C16H16N2O4S. The Bertz CT molecular complexity index is 825. The molecule has 0 unspecified atom stereocenters. The van der Waals surface area contributed by atoms with Crippen molar-refractivity contribution in [3.63, 3.8) is 0 Å². The van der Waals surface area contributed by atoms with Gasteiger partial charge in [0.05, 0.1) is 16.2 Å². The van der Waals surface area contributed by atoms with Crippen LogP contribution in [0.2, 0.25) is 0 Å². The molecule has 3 rings (SSSR count). The van der Waals surface area contributed by atoms with Crippen molar-refractivity contribution in [1.29, 1.82) is 0 Å². The zero-order valence-corrected chi connectivity index (χ0v) is 13.2. The molecule has 0 radical (unpaired) electrons. The summed E-state index contributed by atoms with van der Waals surface area (Å²) in [6.07, 6.45) is 3.04. The van der Waals surface area contributed by atoms with Crippen LogP contribution in [0.3, 0.4) is 0 Å². The predicted octanol–water partition coefficient (Wildman–Crippen LogP) is 2.23. The lowest BCUT2D eigenvalue weighted by atomic mass is 10.1. The van der Waals surface area contributed by atoms with Crippen molar-refractivity contribution in [2.24, 2.45) is 0 Å². The number of hydrogen-bond donors (Lipinski definition) is 1. The normalized spacial score (nSPS) is 15.7. The summed E-state index contributed by atoms with van der Waals surface area (Å²) in [5.74, 6) is -1.05. The van der Waals surface area contributed by atoms with Gasteiger partial charge in [0, 0.05) is 24.8 Å². The first kappa shape index (κ1) is 15.6. The minimum absolute atomic E-state index is 0.0922. The van der Waals surface area contributed by atoms with Crippen LogP contribution in [-0.4, -0.2) is 41.9 Å². The minimum Gasteiger partial charge on any atom is -0.478 e. The molecule has 1 aliphatic heterocycles. The molecule has 1 N–H and O–H groups in total. The van der Waals surface area contributed by atoms with Gasteiger partial charge in [-0.05, 0) is 37.1 Å². The lowest BCUT2D eigenvalue weighted by Crippen LogP contribution is -2.27. The average Bonchev–Trinajstić information content (AvgIpc) is 3.10. The van der Waals surface area contributed by atoms with Gasteiger partial charge in [-0.3, -0.25) is 4.98 Å². The highest BCUT2D eigenvalue weighted by Gasteiger charge is 2.27. The monoisotopic (exact) mass is 332 g/mol. The van der Waals surface area contributed by atoms with Crippen LogP contribution >= 0.6 is 0 Å². The Hall–Kier alpha value is -2.25.